The van der Waals surface area contributed by atoms with Crippen molar-refractivity contribution in [3.8, 4) is 0 Å². The Morgan fingerprint density at radius 3 is 2.56 bits per heavy atom. The summed E-state index contributed by atoms with van der Waals surface area (Å²) in [5.41, 5.74) is 1.00. The lowest BCUT2D eigenvalue weighted by Crippen LogP contribution is -2.04. The van der Waals surface area contributed by atoms with E-state index >= 15 is 0 Å². The lowest BCUT2D eigenvalue weighted by molar-refractivity contribution is -0.136. The van der Waals surface area contributed by atoms with Gasteiger partial charge in [-0.2, -0.15) is 0 Å². The average molecular weight is 246 g/mol. The number of ether oxygens (including phenoxy) is 1. The zero-order valence-electron chi connectivity index (χ0n) is 8.67. The van der Waals surface area contributed by atoms with Crippen LogP contribution >= 0.6 is 12.4 Å². The van der Waals surface area contributed by atoms with Crippen LogP contribution in [0.3, 0.4) is 0 Å². The van der Waals surface area contributed by atoms with E-state index < -0.39 is 11.9 Å². The third kappa shape index (κ3) is 4.27. The molecule has 0 aromatic carbocycles. The van der Waals surface area contributed by atoms with Gasteiger partial charge in [-0.1, -0.05) is 6.07 Å². The van der Waals surface area contributed by atoms with E-state index in [1.54, 1.807) is 6.07 Å². The Balaban J connectivity index is 0.00000225. The highest BCUT2D eigenvalue weighted by Gasteiger charge is 2.06. The fraction of sp³-hybridized carbons (Fsp3) is 0.300. The van der Waals surface area contributed by atoms with Crippen molar-refractivity contribution in [1.82, 2.24) is 4.98 Å². The van der Waals surface area contributed by atoms with Crippen LogP contribution < -0.4 is 0 Å². The Morgan fingerprint density at radius 2 is 2.12 bits per heavy atom. The molecule has 1 N–H and O–H groups in total. The number of hydrogen-bond donors (Lipinski definition) is 1. The number of pyridine rings is 1. The molecule has 0 saturated carbocycles. The number of hydrogen-bond acceptors (Lipinski definition) is 4. The summed E-state index contributed by atoms with van der Waals surface area (Å²) in [5, 5.41) is 8.46. The summed E-state index contributed by atoms with van der Waals surface area (Å²) >= 11 is 0. The number of carbonyl (C=O) groups is 2. The number of methoxy groups -OCH3 is 1. The van der Waals surface area contributed by atoms with E-state index in [4.69, 9.17) is 5.11 Å². The van der Waals surface area contributed by atoms with E-state index in [1.807, 2.05) is 0 Å². The second-order valence-electron chi connectivity index (χ2n) is 2.94. The normalized spacial score (nSPS) is 9.06. The van der Waals surface area contributed by atoms with Gasteiger partial charge in [0.1, 0.15) is 5.69 Å². The third-order valence-corrected chi connectivity index (χ3v) is 1.85. The van der Waals surface area contributed by atoms with Crippen LogP contribution in [-0.4, -0.2) is 29.1 Å². The van der Waals surface area contributed by atoms with Gasteiger partial charge in [-0.15, -0.1) is 12.4 Å². The third-order valence-electron chi connectivity index (χ3n) is 1.85. The van der Waals surface area contributed by atoms with E-state index in [1.165, 1.54) is 19.4 Å². The Bertz CT molecular complexity index is 364. The van der Waals surface area contributed by atoms with Crippen LogP contribution in [-0.2, 0) is 16.0 Å². The summed E-state index contributed by atoms with van der Waals surface area (Å²) in [6.07, 6.45) is 1.94. The monoisotopic (exact) mass is 245 g/mol. The lowest BCUT2D eigenvalue weighted by Gasteiger charge is -2.00. The first-order valence-corrected chi connectivity index (χ1v) is 4.38. The number of aromatic nitrogens is 1. The first kappa shape index (κ1) is 14.4. The molecule has 1 heterocycles. The lowest BCUT2D eigenvalue weighted by atomic mass is 10.1. The summed E-state index contributed by atoms with van der Waals surface area (Å²) in [4.78, 5) is 25.2. The van der Waals surface area contributed by atoms with Crippen LogP contribution in [0, 0.1) is 0 Å². The molecule has 0 bridgehead atoms. The van der Waals surface area contributed by atoms with E-state index in [0.29, 0.717) is 6.42 Å². The van der Waals surface area contributed by atoms with Crippen molar-refractivity contribution in [3.05, 3.63) is 29.6 Å². The number of carboxylic acid groups (broad SMARTS) is 1. The molecule has 0 fully saturated rings. The molecule has 0 atom stereocenters. The molecule has 1 aromatic rings. The van der Waals surface area contributed by atoms with Gasteiger partial charge in [-0.05, 0) is 18.1 Å². The molecule has 0 saturated heterocycles. The Labute approximate surface area is 98.9 Å². The van der Waals surface area contributed by atoms with E-state index in [0.717, 1.165) is 5.56 Å². The van der Waals surface area contributed by atoms with E-state index in [2.05, 4.69) is 9.72 Å². The van der Waals surface area contributed by atoms with Crippen molar-refractivity contribution in [3.63, 3.8) is 0 Å². The minimum Gasteiger partial charge on any atom is -0.481 e. The molecule has 0 amide bonds. The first-order valence-electron chi connectivity index (χ1n) is 4.38. The van der Waals surface area contributed by atoms with Crippen molar-refractivity contribution in [2.24, 2.45) is 0 Å². The number of esters is 1. The molecule has 5 nitrogen and oxygen atoms in total. The highest BCUT2D eigenvalue weighted by molar-refractivity contribution is 5.87. The van der Waals surface area contributed by atoms with Gasteiger partial charge in [-0.3, -0.25) is 4.79 Å². The molecular formula is C10H12ClNO4. The zero-order chi connectivity index (χ0) is 11.3. The topological polar surface area (TPSA) is 76.5 Å². The predicted octanol–water partition coefficient (Wildman–Crippen LogP) is 1.31. The molecule has 0 aliphatic heterocycles. The Hall–Kier alpha value is -1.62. The maximum atomic E-state index is 11.0. The van der Waals surface area contributed by atoms with Gasteiger partial charge in [0.05, 0.1) is 7.11 Å². The molecular weight excluding hydrogens is 234 g/mol. The van der Waals surface area contributed by atoms with Crippen molar-refractivity contribution >= 4 is 24.3 Å². The number of rotatable bonds is 4. The molecule has 0 unspecified atom stereocenters. The van der Waals surface area contributed by atoms with Crippen LogP contribution in [0.25, 0.3) is 0 Å². The van der Waals surface area contributed by atoms with E-state index in [-0.39, 0.29) is 24.5 Å². The van der Waals surface area contributed by atoms with Gasteiger partial charge in [0, 0.05) is 12.6 Å². The Kier molecular flexibility index (Phi) is 6.10. The number of nitrogens with zero attached hydrogens (tertiary/aromatic N) is 1. The molecule has 6 heteroatoms. The molecule has 88 valence electrons. The number of carboxylic acids is 1. The minimum absolute atomic E-state index is 0. The number of carbonyl (C=O) groups excluding carboxylic acids is 1. The number of aliphatic carboxylic acids is 1. The number of halogens is 1. The van der Waals surface area contributed by atoms with Crippen molar-refractivity contribution in [1.29, 1.82) is 0 Å². The second-order valence-corrected chi connectivity index (χ2v) is 2.94. The van der Waals surface area contributed by atoms with Gasteiger partial charge in [0.25, 0.3) is 0 Å². The quantitative estimate of drug-likeness (QED) is 0.810. The summed E-state index contributed by atoms with van der Waals surface area (Å²) in [6, 6.07) is 3.19. The van der Waals surface area contributed by atoms with Gasteiger partial charge < -0.3 is 9.84 Å². The molecule has 0 spiro atoms. The van der Waals surface area contributed by atoms with Crippen LogP contribution in [0.2, 0.25) is 0 Å². The van der Waals surface area contributed by atoms with Gasteiger partial charge >= 0.3 is 11.9 Å². The molecule has 0 aliphatic carbocycles. The fourth-order valence-electron chi connectivity index (χ4n) is 1.05. The standard InChI is InChI=1S/C10H11NO4.ClH/c1-15-10(14)8-4-2-7(6-11-8)3-5-9(12)13;/h2,4,6H,3,5H2,1H3,(H,12,13);1H. The van der Waals surface area contributed by atoms with Crippen molar-refractivity contribution in [2.75, 3.05) is 7.11 Å². The van der Waals surface area contributed by atoms with Gasteiger partial charge in [-0.25, -0.2) is 9.78 Å². The molecule has 1 aromatic heterocycles. The minimum atomic E-state index is -0.855. The highest BCUT2D eigenvalue weighted by atomic mass is 35.5. The van der Waals surface area contributed by atoms with Crippen molar-refractivity contribution < 1.29 is 19.4 Å². The van der Waals surface area contributed by atoms with Crippen LogP contribution in [0.4, 0.5) is 0 Å². The van der Waals surface area contributed by atoms with Crippen LogP contribution in [0.5, 0.6) is 0 Å². The van der Waals surface area contributed by atoms with Crippen molar-refractivity contribution in [2.45, 2.75) is 12.8 Å². The van der Waals surface area contributed by atoms with Gasteiger partial charge in [0.2, 0.25) is 0 Å². The molecule has 16 heavy (non-hydrogen) atoms. The van der Waals surface area contributed by atoms with Crippen LogP contribution in [0.15, 0.2) is 18.3 Å². The zero-order valence-corrected chi connectivity index (χ0v) is 9.49. The maximum Gasteiger partial charge on any atom is 0.356 e. The van der Waals surface area contributed by atoms with Crippen LogP contribution in [0.1, 0.15) is 22.5 Å². The number of aryl methyl sites for hydroxylation is 1. The molecule has 0 aliphatic rings. The first-order chi connectivity index (χ1) is 7.13. The fourth-order valence-corrected chi connectivity index (χ4v) is 1.05. The largest absolute Gasteiger partial charge is 0.481 e. The smallest absolute Gasteiger partial charge is 0.356 e. The molecule has 0 radical (unpaired) electrons. The predicted molar refractivity (Wildman–Crippen MR) is 58.8 cm³/mol. The highest BCUT2D eigenvalue weighted by Crippen LogP contribution is 2.04. The summed E-state index contributed by atoms with van der Waals surface area (Å²) in [5.74, 6) is -1.35. The second kappa shape index (κ2) is 6.79. The Morgan fingerprint density at radius 1 is 1.44 bits per heavy atom. The summed E-state index contributed by atoms with van der Waals surface area (Å²) in [6.45, 7) is 0. The van der Waals surface area contributed by atoms with E-state index in [9.17, 15) is 9.59 Å². The average Bonchev–Trinajstić information content (AvgIpc) is 2.26. The molecule has 1 rings (SSSR count). The summed E-state index contributed by atoms with van der Waals surface area (Å²) < 4.78 is 4.48. The SMILES string of the molecule is COC(=O)c1ccc(CCC(=O)O)cn1.Cl. The maximum absolute atomic E-state index is 11.0. The van der Waals surface area contributed by atoms with Gasteiger partial charge in [0.15, 0.2) is 0 Å². The summed E-state index contributed by atoms with van der Waals surface area (Å²) in [7, 11) is 1.28.